The maximum absolute atomic E-state index is 10.0. The highest BCUT2D eigenvalue weighted by Gasteiger charge is 2.17. The van der Waals surface area contributed by atoms with E-state index in [-0.39, 0.29) is 6.10 Å². The van der Waals surface area contributed by atoms with Crippen LogP contribution in [0.15, 0.2) is 18.2 Å². The number of hydrogen-bond acceptors (Lipinski definition) is 2. The monoisotopic (exact) mass is 268 g/mol. The smallest absolute Gasteiger partial charge is 0.0582 e. The molecule has 0 amide bonds. The molecular formula is C15H21ClO2. The van der Waals surface area contributed by atoms with Gasteiger partial charge in [0.15, 0.2) is 0 Å². The number of aliphatic hydroxyl groups excluding tert-OH is 1. The van der Waals surface area contributed by atoms with Crippen LogP contribution in [-0.2, 0) is 11.2 Å². The Morgan fingerprint density at radius 1 is 1.50 bits per heavy atom. The summed E-state index contributed by atoms with van der Waals surface area (Å²) in [4.78, 5) is 0. The molecular weight excluding hydrogens is 248 g/mol. The molecule has 0 saturated carbocycles. The Kier molecular flexibility index (Phi) is 5.04. The predicted octanol–water partition coefficient (Wildman–Crippen LogP) is 3.51. The zero-order valence-electron chi connectivity index (χ0n) is 10.9. The number of rotatable bonds is 5. The van der Waals surface area contributed by atoms with E-state index in [9.17, 15) is 5.11 Å². The molecule has 18 heavy (non-hydrogen) atoms. The second-order valence-corrected chi connectivity index (χ2v) is 5.57. The minimum Gasteiger partial charge on any atom is -0.393 e. The number of benzene rings is 1. The highest BCUT2D eigenvalue weighted by atomic mass is 35.5. The van der Waals surface area contributed by atoms with Gasteiger partial charge in [-0.05, 0) is 56.2 Å². The van der Waals surface area contributed by atoms with Gasteiger partial charge in [0, 0.05) is 11.6 Å². The standard InChI is InChI=1S/C15H21ClO2/c1-11-4-5-12(15(16)9-11)10-13(17)6-7-14-3-2-8-18-14/h4-5,9,13-14,17H,2-3,6-8,10H2,1H3. The number of halogens is 1. The molecule has 2 rings (SSSR count). The van der Waals surface area contributed by atoms with Crippen molar-refractivity contribution in [3.05, 3.63) is 34.3 Å². The van der Waals surface area contributed by atoms with Gasteiger partial charge >= 0.3 is 0 Å². The minimum atomic E-state index is -0.325. The van der Waals surface area contributed by atoms with E-state index in [1.165, 1.54) is 0 Å². The molecule has 1 aromatic rings. The first kappa shape index (κ1) is 13.9. The largest absolute Gasteiger partial charge is 0.393 e. The third-order valence-corrected chi connectivity index (χ3v) is 3.86. The van der Waals surface area contributed by atoms with Crippen molar-refractivity contribution in [3.63, 3.8) is 0 Å². The van der Waals surface area contributed by atoms with Gasteiger partial charge in [-0.2, -0.15) is 0 Å². The molecule has 0 aromatic heterocycles. The van der Waals surface area contributed by atoms with E-state index in [1.54, 1.807) is 0 Å². The normalized spacial score (nSPS) is 21.2. The van der Waals surface area contributed by atoms with Crippen LogP contribution >= 0.6 is 11.6 Å². The molecule has 0 radical (unpaired) electrons. The topological polar surface area (TPSA) is 29.5 Å². The Labute approximate surface area is 114 Å². The molecule has 1 aromatic carbocycles. The van der Waals surface area contributed by atoms with E-state index < -0.39 is 0 Å². The summed E-state index contributed by atoms with van der Waals surface area (Å²) in [5.41, 5.74) is 2.18. The van der Waals surface area contributed by atoms with Crippen molar-refractivity contribution in [2.45, 2.75) is 51.2 Å². The predicted molar refractivity (Wildman–Crippen MR) is 74.1 cm³/mol. The summed E-state index contributed by atoms with van der Waals surface area (Å²) in [6, 6.07) is 5.99. The summed E-state index contributed by atoms with van der Waals surface area (Å²) in [5.74, 6) is 0. The molecule has 1 aliphatic rings. The molecule has 1 saturated heterocycles. The molecule has 1 aliphatic heterocycles. The van der Waals surface area contributed by atoms with Gasteiger partial charge in [0.05, 0.1) is 12.2 Å². The lowest BCUT2D eigenvalue weighted by molar-refractivity contribution is 0.0813. The Hall–Kier alpha value is -0.570. The molecule has 1 fully saturated rings. The molecule has 0 bridgehead atoms. The summed E-state index contributed by atoms with van der Waals surface area (Å²) < 4.78 is 5.56. The van der Waals surface area contributed by atoms with Crippen LogP contribution in [0.3, 0.4) is 0 Å². The Bertz CT molecular complexity index is 386. The van der Waals surface area contributed by atoms with Crippen LogP contribution in [0, 0.1) is 6.92 Å². The molecule has 0 spiro atoms. The van der Waals surface area contributed by atoms with E-state index in [4.69, 9.17) is 16.3 Å². The fraction of sp³-hybridized carbons (Fsp3) is 0.600. The summed E-state index contributed by atoms with van der Waals surface area (Å²) in [6.07, 6.45) is 4.69. The number of hydrogen-bond donors (Lipinski definition) is 1. The lowest BCUT2D eigenvalue weighted by Gasteiger charge is -2.14. The van der Waals surface area contributed by atoms with Gasteiger partial charge < -0.3 is 9.84 Å². The van der Waals surface area contributed by atoms with Gasteiger partial charge in [-0.3, -0.25) is 0 Å². The third kappa shape index (κ3) is 3.98. The van der Waals surface area contributed by atoms with Gasteiger partial charge in [0.2, 0.25) is 0 Å². The van der Waals surface area contributed by atoms with Crippen molar-refractivity contribution >= 4 is 11.6 Å². The van der Waals surface area contributed by atoms with E-state index in [2.05, 4.69) is 0 Å². The number of ether oxygens (including phenoxy) is 1. The molecule has 1 heterocycles. The third-order valence-electron chi connectivity index (χ3n) is 3.51. The molecule has 2 nitrogen and oxygen atoms in total. The molecule has 2 atom stereocenters. The van der Waals surface area contributed by atoms with Gasteiger partial charge in [0.25, 0.3) is 0 Å². The van der Waals surface area contributed by atoms with Gasteiger partial charge in [-0.25, -0.2) is 0 Å². The van der Waals surface area contributed by atoms with Crippen LogP contribution in [0.5, 0.6) is 0 Å². The molecule has 3 heteroatoms. The van der Waals surface area contributed by atoms with Crippen LogP contribution in [0.2, 0.25) is 5.02 Å². The summed E-state index contributed by atoms with van der Waals surface area (Å²) in [7, 11) is 0. The van der Waals surface area contributed by atoms with Crippen LogP contribution < -0.4 is 0 Å². The lowest BCUT2D eigenvalue weighted by Crippen LogP contribution is -2.15. The maximum atomic E-state index is 10.0. The van der Waals surface area contributed by atoms with Gasteiger partial charge in [-0.1, -0.05) is 23.7 Å². The van der Waals surface area contributed by atoms with Gasteiger partial charge in [0.1, 0.15) is 0 Å². The average molecular weight is 269 g/mol. The lowest BCUT2D eigenvalue weighted by atomic mass is 10.0. The second-order valence-electron chi connectivity index (χ2n) is 5.17. The summed E-state index contributed by atoms with van der Waals surface area (Å²) >= 11 is 6.17. The molecule has 2 unspecified atom stereocenters. The summed E-state index contributed by atoms with van der Waals surface area (Å²) in [5, 5.41) is 10.8. The fourth-order valence-electron chi connectivity index (χ4n) is 2.42. The van der Waals surface area contributed by atoms with Crippen molar-refractivity contribution in [1.29, 1.82) is 0 Å². The Morgan fingerprint density at radius 2 is 2.33 bits per heavy atom. The van der Waals surface area contributed by atoms with Crippen LogP contribution in [0.25, 0.3) is 0 Å². The average Bonchev–Trinajstić information content (AvgIpc) is 2.83. The van der Waals surface area contributed by atoms with Crippen molar-refractivity contribution < 1.29 is 9.84 Å². The highest BCUT2D eigenvalue weighted by molar-refractivity contribution is 6.31. The van der Waals surface area contributed by atoms with Crippen molar-refractivity contribution in [3.8, 4) is 0 Å². The van der Waals surface area contributed by atoms with Crippen LogP contribution in [0.1, 0.15) is 36.8 Å². The number of aliphatic hydroxyl groups is 1. The zero-order valence-corrected chi connectivity index (χ0v) is 11.6. The SMILES string of the molecule is Cc1ccc(CC(O)CCC2CCCO2)c(Cl)c1. The number of aryl methyl sites for hydroxylation is 1. The molecule has 100 valence electrons. The fourth-order valence-corrected chi connectivity index (χ4v) is 2.74. The van der Waals surface area contributed by atoms with Crippen LogP contribution in [0.4, 0.5) is 0 Å². The zero-order chi connectivity index (χ0) is 13.0. The minimum absolute atomic E-state index is 0.325. The first-order chi connectivity index (χ1) is 8.65. The first-order valence-corrected chi connectivity index (χ1v) is 7.07. The van der Waals surface area contributed by atoms with E-state index in [0.717, 1.165) is 48.4 Å². The van der Waals surface area contributed by atoms with E-state index in [1.807, 2.05) is 25.1 Å². The Morgan fingerprint density at radius 3 is 3.00 bits per heavy atom. The highest BCUT2D eigenvalue weighted by Crippen LogP contribution is 2.22. The van der Waals surface area contributed by atoms with Crippen molar-refractivity contribution in [1.82, 2.24) is 0 Å². The first-order valence-electron chi connectivity index (χ1n) is 6.70. The quantitative estimate of drug-likeness (QED) is 0.886. The maximum Gasteiger partial charge on any atom is 0.0582 e. The van der Waals surface area contributed by atoms with Gasteiger partial charge in [-0.15, -0.1) is 0 Å². The molecule has 1 N–H and O–H groups in total. The summed E-state index contributed by atoms with van der Waals surface area (Å²) in [6.45, 7) is 2.90. The van der Waals surface area contributed by atoms with Crippen LogP contribution in [-0.4, -0.2) is 23.9 Å². The Balaban J connectivity index is 1.80. The van der Waals surface area contributed by atoms with E-state index >= 15 is 0 Å². The van der Waals surface area contributed by atoms with Crippen molar-refractivity contribution in [2.75, 3.05) is 6.61 Å². The van der Waals surface area contributed by atoms with E-state index in [0.29, 0.717) is 12.5 Å². The second kappa shape index (κ2) is 6.55. The molecule has 0 aliphatic carbocycles. The van der Waals surface area contributed by atoms with Crippen molar-refractivity contribution in [2.24, 2.45) is 0 Å².